The van der Waals surface area contributed by atoms with E-state index in [-0.39, 0.29) is 5.28 Å². The SMILES string of the molecule is CCCN(CCC)CCNc1nc2cc(C)cc(C)c2[n+]([O-])n1.Cc1cc(C)c2c(c1)nc(Cl)n[n+]2[O-]. The van der Waals surface area contributed by atoms with Crippen LogP contribution in [0.1, 0.15) is 48.9 Å². The highest BCUT2D eigenvalue weighted by atomic mass is 35.5. The first-order chi connectivity index (χ1) is 17.6. The molecule has 0 aliphatic carbocycles. The molecule has 0 saturated heterocycles. The molecule has 2 heterocycles. The average molecular weight is 527 g/mol. The third-order valence-electron chi connectivity index (χ3n) is 5.82. The highest BCUT2D eigenvalue weighted by Gasteiger charge is 2.15. The molecule has 198 valence electrons. The van der Waals surface area contributed by atoms with E-state index >= 15 is 0 Å². The van der Waals surface area contributed by atoms with Gasteiger partial charge in [-0.1, -0.05) is 13.8 Å². The minimum Gasteiger partial charge on any atom is -0.594 e. The van der Waals surface area contributed by atoms with Crippen LogP contribution in [0.5, 0.6) is 0 Å². The Kier molecular flexibility index (Phi) is 9.71. The molecule has 0 amide bonds. The van der Waals surface area contributed by atoms with Crippen molar-refractivity contribution in [2.75, 3.05) is 31.5 Å². The number of benzene rings is 2. The normalized spacial score (nSPS) is 11.1. The average Bonchev–Trinajstić information content (AvgIpc) is 2.78. The summed E-state index contributed by atoms with van der Waals surface area (Å²) in [6, 6.07) is 7.61. The van der Waals surface area contributed by atoms with Crippen LogP contribution in [0.25, 0.3) is 22.1 Å². The number of halogens is 1. The van der Waals surface area contributed by atoms with Crippen molar-refractivity contribution >= 4 is 39.6 Å². The minimum atomic E-state index is -0.0301. The van der Waals surface area contributed by atoms with Gasteiger partial charge >= 0.3 is 0 Å². The summed E-state index contributed by atoms with van der Waals surface area (Å²) in [6.07, 6.45) is 2.29. The summed E-state index contributed by atoms with van der Waals surface area (Å²) in [6.45, 7) is 15.9. The Bertz CT molecular complexity index is 1330. The Labute approximate surface area is 222 Å². The van der Waals surface area contributed by atoms with Crippen molar-refractivity contribution in [3.05, 3.63) is 62.2 Å². The standard InChI is InChI=1S/C17H27N5O.C9H8ClN3O/c1-5-8-21(9-6-2)10-7-18-17-19-15-12-13(3)11-14(4)16(15)22(23)20-17;1-5-3-6(2)8-7(4-5)11-9(10)12-13(8)14/h11-12H,5-10H2,1-4H3,(H,18,19,20);3-4H,1-2H3. The summed E-state index contributed by atoms with van der Waals surface area (Å²) >= 11 is 5.59. The highest BCUT2D eigenvalue weighted by Crippen LogP contribution is 2.17. The number of nitrogens with one attached hydrogen (secondary N) is 1. The molecule has 0 aliphatic rings. The molecule has 4 aromatic rings. The maximum absolute atomic E-state index is 12.1. The zero-order valence-corrected chi connectivity index (χ0v) is 23.1. The lowest BCUT2D eigenvalue weighted by Crippen LogP contribution is -2.35. The lowest BCUT2D eigenvalue weighted by atomic mass is 10.1. The van der Waals surface area contributed by atoms with Crippen molar-refractivity contribution in [1.82, 2.24) is 25.1 Å². The van der Waals surface area contributed by atoms with E-state index in [0.29, 0.717) is 37.7 Å². The van der Waals surface area contributed by atoms with E-state index in [2.05, 4.69) is 44.2 Å². The zero-order chi connectivity index (χ0) is 27.1. The number of fused-ring (bicyclic) bond motifs is 2. The molecule has 0 aliphatic heterocycles. The fourth-order valence-electron chi connectivity index (χ4n) is 4.43. The van der Waals surface area contributed by atoms with Gasteiger partial charge < -0.3 is 20.6 Å². The molecule has 0 bridgehead atoms. The van der Waals surface area contributed by atoms with Crippen molar-refractivity contribution in [2.24, 2.45) is 0 Å². The van der Waals surface area contributed by atoms with Crippen molar-refractivity contribution in [3.8, 4) is 0 Å². The number of aryl methyl sites for hydroxylation is 4. The summed E-state index contributed by atoms with van der Waals surface area (Å²) in [5.41, 5.74) is 6.18. The maximum atomic E-state index is 12.1. The van der Waals surface area contributed by atoms with E-state index in [1.54, 1.807) is 0 Å². The van der Waals surface area contributed by atoms with Crippen LogP contribution in [0, 0.1) is 38.1 Å². The number of anilines is 1. The third-order valence-corrected chi connectivity index (χ3v) is 5.98. The lowest BCUT2D eigenvalue weighted by Gasteiger charge is -2.20. The summed E-state index contributed by atoms with van der Waals surface area (Å²) in [7, 11) is 0. The fourth-order valence-corrected chi connectivity index (χ4v) is 4.59. The fraction of sp³-hybridized carbons (Fsp3) is 0.462. The molecule has 0 saturated carbocycles. The molecule has 0 radical (unpaired) electrons. The van der Waals surface area contributed by atoms with Gasteiger partial charge in [0.25, 0.3) is 22.3 Å². The van der Waals surface area contributed by atoms with Crippen molar-refractivity contribution in [2.45, 2.75) is 54.4 Å². The van der Waals surface area contributed by atoms with Gasteiger partial charge in [0.15, 0.2) is 0 Å². The van der Waals surface area contributed by atoms with E-state index < -0.39 is 0 Å². The number of hydrogen-bond acceptors (Lipinski definition) is 8. The summed E-state index contributed by atoms with van der Waals surface area (Å²) in [5, 5.41) is 34.2. The monoisotopic (exact) mass is 526 g/mol. The van der Waals surface area contributed by atoms with E-state index in [1.165, 1.54) is 0 Å². The summed E-state index contributed by atoms with van der Waals surface area (Å²) in [5.74, 6) is 0.394. The molecule has 10 nitrogen and oxygen atoms in total. The van der Waals surface area contributed by atoms with Gasteiger partial charge in [0.1, 0.15) is 11.0 Å². The maximum Gasteiger partial charge on any atom is 0.290 e. The Hall–Kier alpha value is -3.37. The predicted octanol–water partition coefficient (Wildman–Crippen LogP) is 3.95. The van der Waals surface area contributed by atoms with Gasteiger partial charge in [0.2, 0.25) is 0 Å². The second-order valence-corrected chi connectivity index (χ2v) is 9.57. The topological polar surface area (TPSA) is 121 Å². The van der Waals surface area contributed by atoms with Crippen LogP contribution in [0.4, 0.5) is 5.95 Å². The largest absolute Gasteiger partial charge is 0.594 e. The molecular formula is C26H35ClN8O2. The Balaban J connectivity index is 0.000000231. The predicted molar refractivity (Wildman–Crippen MR) is 146 cm³/mol. The van der Waals surface area contributed by atoms with Crippen LogP contribution in [0.3, 0.4) is 0 Å². The number of rotatable bonds is 8. The molecule has 2 aromatic carbocycles. The van der Waals surface area contributed by atoms with Gasteiger partial charge in [-0.2, -0.15) is 0 Å². The molecule has 0 spiro atoms. The summed E-state index contributed by atoms with van der Waals surface area (Å²) < 4.78 is 0. The van der Waals surface area contributed by atoms with Gasteiger partial charge in [0, 0.05) is 29.3 Å². The van der Waals surface area contributed by atoms with Crippen molar-refractivity contribution in [3.63, 3.8) is 0 Å². The van der Waals surface area contributed by atoms with Crippen molar-refractivity contribution in [1.29, 1.82) is 0 Å². The van der Waals surface area contributed by atoms with Gasteiger partial charge in [0.05, 0.1) is 5.10 Å². The Morgan fingerprint density at radius 1 is 0.784 bits per heavy atom. The molecule has 4 rings (SSSR count). The number of aromatic nitrogens is 6. The minimum absolute atomic E-state index is 0.0301. The molecular weight excluding hydrogens is 492 g/mol. The Morgan fingerprint density at radius 3 is 1.84 bits per heavy atom. The van der Waals surface area contributed by atoms with Crippen LogP contribution in [0.2, 0.25) is 5.28 Å². The second-order valence-electron chi connectivity index (χ2n) is 9.23. The smallest absolute Gasteiger partial charge is 0.290 e. The van der Waals surface area contributed by atoms with E-state index in [9.17, 15) is 10.4 Å². The molecule has 0 fully saturated rings. The number of nitrogens with zero attached hydrogens (tertiary/aromatic N) is 7. The third kappa shape index (κ3) is 7.33. The van der Waals surface area contributed by atoms with Gasteiger partial charge in [-0.15, -0.1) is 0 Å². The molecule has 37 heavy (non-hydrogen) atoms. The highest BCUT2D eigenvalue weighted by molar-refractivity contribution is 6.28. The second kappa shape index (κ2) is 12.7. The molecule has 0 unspecified atom stereocenters. The van der Waals surface area contributed by atoms with Crippen LogP contribution >= 0.6 is 11.6 Å². The zero-order valence-electron chi connectivity index (χ0n) is 22.4. The van der Waals surface area contributed by atoms with Gasteiger partial charge in [-0.05, 0) is 110 Å². The first kappa shape index (κ1) is 28.2. The van der Waals surface area contributed by atoms with E-state index in [4.69, 9.17) is 11.6 Å². The van der Waals surface area contributed by atoms with E-state index in [1.807, 2.05) is 52.0 Å². The molecule has 11 heteroatoms. The lowest BCUT2D eigenvalue weighted by molar-refractivity contribution is -0.643. The van der Waals surface area contributed by atoms with Gasteiger partial charge in [-0.3, -0.25) is 0 Å². The van der Waals surface area contributed by atoms with Crippen LogP contribution in [-0.4, -0.2) is 51.2 Å². The quantitative estimate of drug-likeness (QED) is 0.270. The first-order valence-electron chi connectivity index (χ1n) is 12.5. The van der Waals surface area contributed by atoms with Crippen LogP contribution < -0.4 is 15.0 Å². The van der Waals surface area contributed by atoms with E-state index in [0.717, 1.165) is 61.3 Å². The van der Waals surface area contributed by atoms with Crippen LogP contribution in [0.15, 0.2) is 24.3 Å². The molecule has 2 aromatic heterocycles. The molecule has 0 atom stereocenters. The van der Waals surface area contributed by atoms with Gasteiger partial charge in [-0.25, -0.2) is 9.97 Å². The summed E-state index contributed by atoms with van der Waals surface area (Å²) in [4.78, 5) is 12.1. The first-order valence-corrected chi connectivity index (χ1v) is 12.9. The number of hydrogen-bond donors (Lipinski definition) is 1. The van der Waals surface area contributed by atoms with Crippen LogP contribution in [-0.2, 0) is 0 Å². The van der Waals surface area contributed by atoms with Crippen molar-refractivity contribution < 1.29 is 9.69 Å². The molecule has 1 N–H and O–H groups in total. The Morgan fingerprint density at radius 2 is 1.30 bits per heavy atom.